The number of anilines is 2. The smallest absolute Gasteiger partial charge is 0.397 e. The van der Waals surface area contributed by atoms with E-state index in [4.69, 9.17) is 48.7 Å². The summed E-state index contributed by atoms with van der Waals surface area (Å²) in [6, 6.07) is 18.5. The monoisotopic (exact) mass is 1570 g/mol. The van der Waals surface area contributed by atoms with Crippen molar-refractivity contribution in [2.45, 2.75) is 35.5 Å². The molecule has 4 amide bonds. The molecule has 102 heavy (non-hydrogen) atoms. The minimum absolute atomic E-state index is 0.0186. The molecule has 0 saturated carbocycles. The minimum Gasteiger partial charge on any atom is -0.495 e. The second-order valence-electron chi connectivity index (χ2n) is 21.4. The normalized spacial score (nSPS) is 14.8. The topological polar surface area (TPSA) is 608 Å². The van der Waals surface area contributed by atoms with Crippen LogP contribution in [-0.4, -0.2) is 173 Å². The number of carbonyl (C=O) groups excluding carboxylic acids is 2. The van der Waals surface area contributed by atoms with E-state index in [0.29, 0.717) is 0 Å². The van der Waals surface area contributed by atoms with Gasteiger partial charge >= 0.3 is 32.9 Å². The number of nitrogens with two attached hydrogens (primary N) is 1. The van der Waals surface area contributed by atoms with Gasteiger partial charge in [-0.1, -0.05) is 6.07 Å². The molecule has 0 saturated heterocycles. The van der Waals surface area contributed by atoms with Crippen molar-refractivity contribution in [1.82, 2.24) is 35.4 Å². The zero-order valence-corrected chi connectivity index (χ0v) is 58.1. The summed E-state index contributed by atoms with van der Waals surface area (Å²) in [5.74, 6) is -2.73. The van der Waals surface area contributed by atoms with E-state index in [2.05, 4.69) is 54.4 Å². The summed E-state index contributed by atoms with van der Waals surface area (Å²) < 4.78 is 254. The molecule has 0 aliphatic carbocycles. The lowest BCUT2D eigenvalue weighted by molar-refractivity contribution is 0.251. The van der Waals surface area contributed by atoms with Crippen LogP contribution in [0, 0.1) is 0 Å². The Morgan fingerprint density at radius 2 is 0.980 bits per heavy atom. The molecule has 3 aliphatic heterocycles. The maximum Gasteiger partial charge on any atom is 0.397 e. The number of aromatic nitrogens is 2. The highest BCUT2D eigenvalue weighted by molar-refractivity contribution is 7.92. The Morgan fingerprint density at radius 3 is 1.53 bits per heavy atom. The van der Waals surface area contributed by atoms with Crippen molar-refractivity contribution in [2.24, 2.45) is 30.1 Å². The number of rotatable bonds is 24. The van der Waals surface area contributed by atoms with Gasteiger partial charge in [0.05, 0.1) is 93.0 Å². The van der Waals surface area contributed by atoms with Crippen LogP contribution in [0.5, 0.6) is 11.5 Å². The number of nitrogens with zero attached hydrogens (tertiary/aromatic N) is 5. The first kappa shape index (κ1) is 73.4. The van der Waals surface area contributed by atoms with Crippen LogP contribution in [0.25, 0.3) is 21.5 Å². The highest BCUT2D eigenvalue weighted by Crippen LogP contribution is 2.39. The van der Waals surface area contributed by atoms with E-state index in [9.17, 15) is 81.5 Å². The molecule has 8 aromatic rings. The fourth-order valence-corrected chi connectivity index (χ4v) is 16.2. The van der Waals surface area contributed by atoms with Gasteiger partial charge in [0.15, 0.2) is 31.3 Å². The Balaban J connectivity index is 0.952. The number of carbonyl (C=O) groups is 2. The number of benzene rings is 6. The molecule has 3 aliphatic rings. The highest BCUT2D eigenvalue weighted by atomic mass is 32.3. The third-order valence-corrected chi connectivity index (χ3v) is 23.8. The average molecular weight is 1570 g/mol. The third-order valence-electron chi connectivity index (χ3n) is 14.9. The molecular formula is C54H51N15O25S8. The first-order valence-corrected chi connectivity index (χ1v) is 40.4. The summed E-state index contributed by atoms with van der Waals surface area (Å²) in [7, 11) is -34.8. The summed E-state index contributed by atoms with van der Waals surface area (Å²) in [6.07, 6.45) is -1.23. The molecule has 5 heterocycles. The van der Waals surface area contributed by atoms with E-state index >= 15 is 0 Å². The molecule has 1 atom stereocenters. The maximum atomic E-state index is 14.2. The second kappa shape index (κ2) is 27.5. The fraction of sp³-hybridized carbons (Fsp3) is 0.167. The van der Waals surface area contributed by atoms with Gasteiger partial charge in [-0.15, -0.1) is 0 Å². The zero-order valence-electron chi connectivity index (χ0n) is 51.6. The number of urea groups is 2. The summed E-state index contributed by atoms with van der Waals surface area (Å²) in [5, 5.41) is 18.2. The van der Waals surface area contributed by atoms with Gasteiger partial charge in [0.25, 0.3) is 10.1 Å². The number of sulfonamides is 3. The van der Waals surface area contributed by atoms with Crippen molar-refractivity contribution in [3.8, 4) is 11.5 Å². The first-order chi connectivity index (χ1) is 47.7. The molecule has 0 radical (unpaired) electrons. The van der Waals surface area contributed by atoms with Crippen molar-refractivity contribution in [2.75, 3.05) is 62.9 Å². The largest absolute Gasteiger partial charge is 0.495 e. The lowest BCUT2D eigenvalue weighted by Crippen LogP contribution is -2.39. The van der Waals surface area contributed by atoms with Gasteiger partial charge < -0.3 is 46.0 Å². The van der Waals surface area contributed by atoms with E-state index in [-0.39, 0.29) is 112 Å². The minimum atomic E-state index is -4.98. The van der Waals surface area contributed by atoms with Crippen LogP contribution in [0.1, 0.15) is 28.4 Å². The van der Waals surface area contributed by atoms with E-state index in [1.165, 1.54) is 50.6 Å². The van der Waals surface area contributed by atoms with Crippen LogP contribution in [0.2, 0.25) is 0 Å². The van der Waals surface area contributed by atoms with Gasteiger partial charge in [-0.2, -0.15) is 34.7 Å². The Labute approximate surface area is 577 Å². The molecule has 40 nitrogen and oxygen atoms in total. The van der Waals surface area contributed by atoms with E-state index in [1.54, 1.807) is 0 Å². The fourth-order valence-electron chi connectivity index (χ4n) is 10.2. The Bertz CT molecular complexity index is 6110. The van der Waals surface area contributed by atoms with E-state index in [0.717, 1.165) is 72.8 Å². The molecule has 2 aromatic heterocycles. The van der Waals surface area contributed by atoms with Crippen LogP contribution >= 0.6 is 0 Å². The molecule has 8 bridgehead atoms. The SMILES string of the molecule is COc1ccc(S(=O)(=O)CCOS(=O)(=O)O)cc1NC(=O)NCNS(=O)(=O)c1ccc2c(c1)C1=NC2=Nc2[nH]c(c3ccc(S(=O)(=O)O)cc23)N=C2NC(N=c3[nH]c(c4ccc(S(=O)(=O)NCNC(=O)Nc5cc(S(=O)(=O)CCOS(=O)(=O)O)ccc5OC)cc34)=N1)c1ccc(S(N)(=O)=O)cc12. The molecule has 0 fully saturated rings. The van der Waals surface area contributed by atoms with Crippen LogP contribution in [0.4, 0.5) is 32.6 Å². The lowest BCUT2D eigenvalue weighted by atomic mass is 10.1. The standard InChI is InChI=1S/C54H51N15O25S8/c1-91-43-13-7-27(95(72,73)17-15-93-101(85,86)87)23-41(43)60-53(70)56-25-58-98(78,79)30-4-10-34-38(20-30)50-64-45-33-9-3-29(97(55,76)77)19-37(33)49(62-45)63-48-36-12-6-32(100(82,83)84)22-40(36)52(69-48)68-47-35-11-5-31(21-39(35)51(67-47)66-46(34)65-50)99(80,81)59-26-57-54(71)61-42-24-28(8-14-44(42)92-2)96(74,75)18-16-94-102(88,89)90/h3-14,19-24,45,58-59,69H,15-18,25-26H2,1-2H3,(H,62,63)(H2,55,76,77)(H2,56,60,70)(H2,57,61,71)(H,82,83,84)(H,85,86,87)(H,88,89,90)(H,64,65,66,67,68). The number of ether oxygens (including phenoxy) is 2. The van der Waals surface area contributed by atoms with Crippen LogP contribution in [0.15, 0.2) is 164 Å². The number of sulfone groups is 2. The summed E-state index contributed by atoms with van der Waals surface area (Å²) >= 11 is 0. The van der Waals surface area contributed by atoms with Crippen molar-refractivity contribution >= 4 is 155 Å². The number of nitrogens with one attached hydrogen (secondary N) is 9. The Kier molecular flexibility index (Phi) is 19.8. The first-order valence-electron chi connectivity index (χ1n) is 28.4. The molecule has 48 heteroatoms. The molecular weight excluding hydrogens is 1520 g/mol. The molecule has 0 spiro atoms. The lowest BCUT2D eigenvalue weighted by Gasteiger charge is -2.14. The number of methoxy groups -OCH3 is 2. The third kappa shape index (κ3) is 16.3. The number of aromatic amines is 2. The number of H-pyrrole nitrogens is 2. The zero-order chi connectivity index (χ0) is 73.9. The number of amidine groups is 3. The number of hydrogen-bond donors (Lipinski definition) is 13. The quantitative estimate of drug-likeness (QED) is 0.0286. The van der Waals surface area contributed by atoms with Gasteiger partial charge in [-0.25, -0.2) is 90.1 Å². The van der Waals surface area contributed by atoms with Crippen molar-refractivity contribution in [1.29, 1.82) is 0 Å². The van der Waals surface area contributed by atoms with E-state index < -0.39 is 161 Å². The second-order valence-corrected chi connectivity index (χ2v) is 34.3. The van der Waals surface area contributed by atoms with Crippen LogP contribution < -0.4 is 61.6 Å². The predicted octanol–water partition coefficient (Wildman–Crippen LogP) is 0.333. The van der Waals surface area contributed by atoms with Gasteiger partial charge in [-0.05, 0) is 103 Å². The molecule has 14 N–H and O–H groups in total. The van der Waals surface area contributed by atoms with Gasteiger partial charge in [-0.3, -0.25) is 13.7 Å². The molecule has 6 aromatic carbocycles. The van der Waals surface area contributed by atoms with Gasteiger partial charge in [0.1, 0.15) is 46.1 Å². The van der Waals surface area contributed by atoms with Crippen LogP contribution in [0.3, 0.4) is 0 Å². The average Bonchev–Trinajstić information content (AvgIpc) is 1.59. The highest BCUT2D eigenvalue weighted by Gasteiger charge is 2.32. The Morgan fingerprint density at radius 1 is 0.490 bits per heavy atom. The molecule has 540 valence electrons. The predicted molar refractivity (Wildman–Crippen MR) is 358 cm³/mol. The van der Waals surface area contributed by atoms with Crippen molar-refractivity contribution < 1.29 is 108 Å². The number of amides is 4. The number of primary sulfonamides is 1. The summed E-state index contributed by atoms with van der Waals surface area (Å²) in [6.45, 7) is -3.56. The Hall–Kier alpha value is -9.77. The number of hydrogen-bond acceptors (Lipinski definition) is 28. The van der Waals surface area contributed by atoms with Gasteiger partial charge in [0.2, 0.25) is 30.1 Å². The molecule has 1 unspecified atom stereocenters. The summed E-state index contributed by atoms with van der Waals surface area (Å²) in [4.78, 5) is 53.7. The van der Waals surface area contributed by atoms with Crippen LogP contribution in [-0.2, 0) is 89.0 Å². The van der Waals surface area contributed by atoms with E-state index in [1.807, 2.05) is 0 Å². The van der Waals surface area contributed by atoms with Crippen molar-refractivity contribution in [3.05, 3.63) is 142 Å². The van der Waals surface area contributed by atoms with Gasteiger partial charge in [0, 0.05) is 43.8 Å². The number of aliphatic imine (C=N–C) groups is 3. The van der Waals surface area contributed by atoms with Crippen molar-refractivity contribution in [3.63, 3.8) is 0 Å². The number of fused-ring (bicyclic) bond motifs is 19. The summed E-state index contributed by atoms with van der Waals surface area (Å²) in [5.41, 5.74) is -0.305. The maximum absolute atomic E-state index is 14.2. The molecule has 11 rings (SSSR count).